The summed E-state index contributed by atoms with van der Waals surface area (Å²) in [6.45, 7) is 8.35. The molecule has 0 bridgehead atoms. The first-order valence-electron chi connectivity index (χ1n) is 8.23. The van der Waals surface area contributed by atoms with Crippen molar-refractivity contribution in [3.05, 3.63) is 21.4 Å². The maximum atomic E-state index is 12.6. The first kappa shape index (κ1) is 17.0. The monoisotopic (exact) mass is 322 g/mol. The normalized spacial score (nSPS) is 15.9. The maximum Gasteiger partial charge on any atom is 0.263 e. The van der Waals surface area contributed by atoms with Gasteiger partial charge >= 0.3 is 0 Å². The van der Waals surface area contributed by atoms with Gasteiger partial charge in [0.15, 0.2) is 0 Å². The first-order valence-corrected chi connectivity index (χ1v) is 9.04. The molecule has 0 aliphatic carbocycles. The van der Waals surface area contributed by atoms with E-state index in [9.17, 15) is 9.59 Å². The fourth-order valence-corrected chi connectivity index (χ4v) is 3.95. The molecule has 0 atom stereocenters. The molecule has 1 saturated heterocycles. The number of carbonyl (C=O) groups excluding carboxylic acids is 2. The van der Waals surface area contributed by atoms with Crippen molar-refractivity contribution in [1.82, 2.24) is 10.2 Å². The van der Waals surface area contributed by atoms with Gasteiger partial charge in [-0.1, -0.05) is 13.8 Å². The minimum absolute atomic E-state index is 0.0619. The van der Waals surface area contributed by atoms with Crippen molar-refractivity contribution in [2.45, 2.75) is 46.5 Å². The zero-order valence-corrected chi connectivity index (χ0v) is 14.6. The van der Waals surface area contributed by atoms with Crippen LogP contribution in [0.2, 0.25) is 0 Å². The summed E-state index contributed by atoms with van der Waals surface area (Å²) in [5.41, 5.74) is 1.27. The van der Waals surface area contributed by atoms with Gasteiger partial charge in [-0.2, -0.15) is 0 Å². The third-order valence-electron chi connectivity index (χ3n) is 4.31. The molecule has 2 heterocycles. The lowest BCUT2D eigenvalue weighted by atomic mass is 9.95. The number of likely N-dealkylation sites (tertiary alicyclic amines) is 1. The second-order valence-electron chi connectivity index (χ2n) is 5.90. The highest BCUT2D eigenvalue weighted by Gasteiger charge is 2.28. The number of nitrogens with one attached hydrogen (secondary N) is 1. The molecule has 22 heavy (non-hydrogen) atoms. The number of hydrogen-bond acceptors (Lipinski definition) is 3. The molecule has 2 rings (SSSR count). The summed E-state index contributed by atoms with van der Waals surface area (Å²) < 4.78 is 0. The molecule has 122 valence electrons. The van der Waals surface area contributed by atoms with E-state index in [0.717, 1.165) is 37.1 Å². The molecule has 1 fully saturated rings. The number of hydrogen-bond donors (Lipinski definition) is 1. The fourth-order valence-electron chi connectivity index (χ4n) is 2.87. The molecule has 1 aliphatic heterocycles. The molecule has 1 N–H and O–H groups in total. The van der Waals surface area contributed by atoms with Crippen LogP contribution in [0.15, 0.2) is 6.07 Å². The van der Waals surface area contributed by atoms with Gasteiger partial charge in [-0.25, -0.2) is 0 Å². The third-order valence-corrected chi connectivity index (χ3v) is 5.40. The first-order chi connectivity index (χ1) is 10.6. The van der Waals surface area contributed by atoms with Crippen molar-refractivity contribution in [3.8, 4) is 0 Å². The average molecular weight is 322 g/mol. The van der Waals surface area contributed by atoms with E-state index in [0.29, 0.717) is 13.1 Å². The third kappa shape index (κ3) is 3.88. The summed E-state index contributed by atoms with van der Waals surface area (Å²) in [5, 5.41) is 2.96. The van der Waals surface area contributed by atoms with Gasteiger partial charge in [-0.3, -0.25) is 9.59 Å². The molecule has 5 heteroatoms. The molecule has 4 nitrogen and oxygen atoms in total. The van der Waals surface area contributed by atoms with Crippen LogP contribution in [0.5, 0.6) is 0 Å². The van der Waals surface area contributed by atoms with Crippen LogP contribution in [-0.2, 0) is 11.2 Å². The standard InChI is InChI=1S/C17H26N2O2S/c1-4-8-18-16(20)14-6-9-19(10-7-14)17(21)15-11-13(5-2)12(3)22-15/h11,14H,4-10H2,1-3H3,(H,18,20). The van der Waals surface area contributed by atoms with Gasteiger partial charge in [-0.05, 0) is 44.2 Å². The SMILES string of the molecule is CCCNC(=O)C1CCN(C(=O)c2cc(CC)c(C)s2)CC1. The van der Waals surface area contributed by atoms with Crippen molar-refractivity contribution < 1.29 is 9.59 Å². The van der Waals surface area contributed by atoms with Crippen LogP contribution in [0.3, 0.4) is 0 Å². The highest BCUT2D eigenvalue weighted by atomic mass is 32.1. The van der Waals surface area contributed by atoms with Crippen molar-refractivity contribution in [2.24, 2.45) is 5.92 Å². The van der Waals surface area contributed by atoms with Gasteiger partial charge < -0.3 is 10.2 Å². The van der Waals surface area contributed by atoms with Crippen LogP contribution >= 0.6 is 11.3 Å². The van der Waals surface area contributed by atoms with E-state index < -0.39 is 0 Å². The van der Waals surface area contributed by atoms with E-state index in [4.69, 9.17) is 0 Å². The lowest BCUT2D eigenvalue weighted by molar-refractivity contribution is -0.126. The molecule has 0 radical (unpaired) electrons. The largest absolute Gasteiger partial charge is 0.356 e. The molecule has 0 unspecified atom stereocenters. The van der Waals surface area contributed by atoms with Gasteiger partial charge in [-0.15, -0.1) is 11.3 Å². The topological polar surface area (TPSA) is 49.4 Å². The number of amides is 2. The summed E-state index contributed by atoms with van der Waals surface area (Å²) in [6, 6.07) is 2.03. The number of rotatable bonds is 5. The van der Waals surface area contributed by atoms with Gasteiger partial charge in [0.05, 0.1) is 4.88 Å². The Morgan fingerprint density at radius 3 is 2.55 bits per heavy atom. The van der Waals surface area contributed by atoms with Crippen molar-refractivity contribution in [1.29, 1.82) is 0 Å². The van der Waals surface area contributed by atoms with E-state index >= 15 is 0 Å². The maximum absolute atomic E-state index is 12.6. The highest BCUT2D eigenvalue weighted by molar-refractivity contribution is 7.14. The quantitative estimate of drug-likeness (QED) is 0.906. The molecule has 0 aromatic carbocycles. The van der Waals surface area contributed by atoms with Crippen LogP contribution in [0, 0.1) is 12.8 Å². The Morgan fingerprint density at radius 1 is 1.32 bits per heavy atom. The van der Waals surface area contributed by atoms with Gasteiger partial charge in [0.1, 0.15) is 0 Å². The number of piperidine rings is 1. The van der Waals surface area contributed by atoms with Crippen LogP contribution in [-0.4, -0.2) is 36.3 Å². The van der Waals surface area contributed by atoms with Crippen molar-refractivity contribution >= 4 is 23.2 Å². The van der Waals surface area contributed by atoms with Crippen LogP contribution in [0.1, 0.15) is 53.2 Å². The lowest BCUT2D eigenvalue weighted by Gasteiger charge is -2.31. The Balaban J connectivity index is 1.90. The molecule has 1 aromatic rings. The van der Waals surface area contributed by atoms with E-state index in [-0.39, 0.29) is 17.7 Å². The number of carbonyl (C=O) groups is 2. The van der Waals surface area contributed by atoms with E-state index in [1.807, 2.05) is 11.0 Å². The Morgan fingerprint density at radius 2 is 2.00 bits per heavy atom. The Labute approximate surface area is 136 Å². The highest BCUT2D eigenvalue weighted by Crippen LogP contribution is 2.25. The summed E-state index contributed by atoms with van der Waals surface area (Å²) in [4.78, 5) is 28.5. The van der Waals surface area contributed by atoms with E-state index in [1.54, 1.807) is 11.3 Å². The molecule has 1 aromatic heterocycles. The molecule has 1 aliphatic rings. The summed E-state index contributed by atoms with van der Waals surface area (Å²) in [5.74, 6) is 0.335. The van der Waals surface area contributed by atoms with E-state index in [1.165, 1.54) is 10.4 Å². The fraction of sp³-hybridized carbons (Fsp3) is 0.647. The Kier molecular flexibility index (Phi) is 6.00. The second-order valence-corrected chi connectivity index (χ2v) is 7.16. The van der Waals surface area contributed by atoms with Gasteiger partial charge in [0.2, 0.25) is 5.91 Å². The summed E-state index contributed by atoms with van der Waals surface area (Å²) in [7, 11) is 0. The average Bonchev–Trinajstić information content (AvgIpc) is 2.93. The summed E-state index contributed by atoms with van der Waals surface area (Å²) >= 11 is 1.59. The lowest BCUT2D eigenvalue weighted by Crippen LogP contribution is -2.43. The van der Waals surface area contributed by atoms with E-state index in [2.05, 4.69) is 26.1 Å². The Hall–Kier alpha value is -1.36. The zero-order chi connectivity index (χ0) is 16.1. The Bertz CT molecular complexity index is 531. The number of thiophene rings is 1. The van der Waals surface area contributed by atoms with Gasteiger partial charge in [0, 0.05) is 30.4 Å². The predicted octanol–water partition coefficient (Wildman–Crippen LogP) is 3.00. The van der Waals surface area contributed by atoms with Crippen molar-refractivity contribution in [2.75, 3.05) is 19.6 Å². The zero-order valence-electron chi connectivity index (χ0n) is 13.8. The number of aryl methyl sites for hydroxylation is 2. The van der Waals surface area contributed by atoms with Crippen LogP contribution in [0.4, 0.5) is 0 Å². The molecule has 0 spiro atoms. The minimum Gasteiger partial charge on any atom is -0.356 e. The van der Waals surface area contributed by atoms with Gasteiger partial charge in [0.25, 0.3) is 5.91 Å². The smallest absolute Gasteiger partial charge is 0.263 e. The van der Waals surface area contributed by atoms with Crippen LogP contribution < -0.4 is 5.32 Å². The molecular formula is C17H26N2O2S. The van der Waals surface area contributed by atoms with Crippen LogP contribution in [0.25, 0.3) is 0 Å². The second kappa shape index (κ2) is 7.77. The predicted molar refractivity (Wildman–Crippen MR) is 90.4 cm³/mol. The molecule has 2 amide bonds. The molecule has 0 saturated carbocycles. The minimum atomic E-state index is 0.0619. The summed E-state index contributed by atoms with van der Waals surface area (Å²) in [6.07, 6.45) is 3.47. The van der Waals surface area contributed by atoms with Crippen molar-refractivity contribution in [3.63, 3.8) is 0 Å². The molecular weight excluding hydrogens is 296 g/mol. The number of nitrogens with zero attached hydrogens (tertiary/aromatic N) is 1.